The number of anilines is 2. The Kier molecular flexibility index (Phi) is 5.75. The van der Waals surface area contributed by atoms with Crippen LogP contribution in [0.3, 0.4) is 0 Å². The van der Waals surface area contributed by atoms with E-state index in [0.717, 1.165) is 11.1 Å². The van der Waals surface area contributed by atoms with Crippen molar-refractivity contribution >= 4 is 29.2 Å². The maximum atomic E-state index is 12.5. The van der Waals surface area contributed by atoms with Crippen LogP contribution >= 0.6 is 0 Å². The van der Waals surface area contributed by atoms with Crippen LogP contribution in [0.15, 0.2) is 36.4 Å². The number of methoxy groups -OCH3 is 1. The van der Waals surface area contributed by atoms with E-state index < -0.39 is 6.03 Å². The fraction of sp³-hybridized carbons (Fsp3) is 0.286. The van der Waals surface area contributed by atoms with Gasteiger partial charge in [0.05, 0.1) is 11.1 Å². The molecule has 28 heavy (non-hydrogen) atoms. The number of urea groups is 1. The van der Waals surface area contributed by atoms with Gasteiger partial charge in [-0.15, -0.1) is 0 Å². The number of benzene rings is 2. The normalized spacial score (nSPS) is 12.9. The van der Waals surface area contributed by atoms with Gasteiger partial charge in [-0.25, -0.2) is 4.79 Å². The molecule has 4 amide bonds. The van der Waals surface area contributed by atoms with Gasteiger partial charge in [0, 0.05) is 31.6 Å². The molecule has 1 aliphatic heterocycles. The number of ether oxygens (including phenoxy) is 1. The van der Waals surface area contributed by atoms with Crippen molar-refractivity contribution in [3.63, 3.8) is 0 Å². The molecule has 1 aliphatic rings. The minimum absolute atomic E-state index is 0.298. The second kappa shape index (κ2) is 8.22. The summed E-state index contributed by atoms with van der Waals surface area (Å²) < 4.78 is 4.97. The first kappa shape index (κ1) is 19.6. The van der Waals surface area contributed by atoms with Crippen molar-refractivity contribution < 1.29 is 19.1 Å². The van der Waals surface area contributed by atoms with Gasteiger partial charge in [-0.2, -0.15) is 0 Å². The quantitative estimate of drug-likeness (QED) is 0.591. The molecule has 0 saturated carbocycles. The second-order valence-electron chi connectivity index (χ2n) is 6.75. The van der Waals surface area contributed by atoms with Gasteiger partial charge in [0.25, 0.3) is 11.8 Å². The van der Waals surface area contributed by atoms with Crippen LogP contribution in [0.25, 0.3) is 0 Å². The third-order valence-electron chi connectivity index (χ3n) is 4.72. The number of imide groups is 1. The van der Waals surface area contributed by atoms with Crippen LogP contribution in [0, 0.1) is 13.8 Å². The van der Waals surface area contributed by atoms with E-state index in [1.807, 2.05) is 32.0 Å². The lowest BCUT2D eigenvalue weighted by Gasteiger charge is -2.12. The van der Waals surface area contributed by atoms with Crippen LogP contribution in [0.1, 0.15) is 38.3 Å². The molecule has 7 heteroatoms. The van der Waals surface area contributed by atoms with Crippen LogP contribution in [-0.4, -0.2) is 43.0 Å². The highest BCUT2D eigenvalue weighted by Crippen LogP contribution is 2.26. The predicted molar refractivity (Wildman–Crippen MR) is 107 cm³/mol. The van der Waals surface area contributed by atoms with Crippen LogP contribution < -0.4 is 10.6 Å². The molecule has 146 valence electrons. The monoisotopic (exact) mass is 381 g/mol. The highest BCUT2D eigenvalue weighted by Gasteiger charge is 2.35. The van der Waals surface area contributed by atoms with E-state index >= 15 is 0 Å². The van der Waals surface area contributed by atoms with Crippen LogP contribution in [-0.2, 0) is 4.74 Å². The van der Waals surface area contributed by atoms with E-state index in [2.05, 4.69) is 10.6 Å². The number of carbonyl (C=O) groups is 3. The largest absolute Gasteiger partial charge is 0.385 e. The minimum atomic E-state index is -0.420. The lowest BCUT2D eigenvalue weighted by Crippen LogP contribution is -2.31. The Balaban J connectivity index is 1.69. The Bertz CT molecular complexity index is 939. The molecule has 2 aromatic rings. The molecular formula is C21H23N3O4. The number of hydrogen-bond acceptors (Lipinski definition) is 4. The smallest absolute Gasteiger partial charge is 0.323 e. The molecule has 2 aromatic carbocycles. The second-order valence-corrected chi connectivity index (χ2v) is 6.75. The van der Waals surface area contributed by atoms with Crippen molar-refractivity contribution in [3.05, 3.63) is 58.7 Å². The van der Waals surface area contributed by atoms with Gasteiger partial charge in [0.15, 0.2) is 0 Å². The van der Waals surface area contributed by atoms with Crippen molar-refractivity contribution in [2.45, 2.75) is 20.3 Å². The van der Waals surface area contributed by atoms with E-state index in [4.69, 9.17) is 4.74 Å². The van der Waals surface area contributed by atoms with Crippen molar-refractivity contribution in [1.82, 2.24) is 4.90 Å². The standard InChI is InChI=1S/C21H23N3O4/c1-13-5-6-15(11-14(13)2)22-21(27)23-16-7-8-17-18(12-16)20(26)24(19(17)25)9-4-10-28-3/h5-8,11-12H,4,9-10H2,1-3H3,(H2,22,23,27). The molecule has 0 bridgehead atoms. The molecule has 0 aliphatic carbocycles. The first-order valence-corrected chi connectivity index (χ1v) is 9.05. The number of amides is 4. The molecule has 0 unspecified atom stereocenters. The Morgan fingerprint density at radius 1 is 0.929 bits per heavy atom. The summed E-state index contributed by atoms with van der Waals surface area (Å²) in [6.07, 6.45) is 0.575. The molecule has 1 heterocycles. The maximum Gasteiger partial charge on any atom is 0.323 e. The summed E-state index contributed by atoms with van der Waals surface area (Å²) in [4.78, 5) is 38.4. The van der Waals surface area contributed by atoms with E-state index in [-0.39, 0.29) is 11.8 Å². The Morgan fingerprint density at radius 3 is 2.25 bits per heavy atom. The van der Waals surface area contributed by atoms with E-state index in [1.54, 1.807) is 19.2 Å². The highest BCUT2D eigenvalue weighted by molar-refractivity contribution is 6.22. The summed E-state index contributed by atoms with van der Waals surface area (Å²) in [5.74, 6) is -0.670. The molecule has 0 radical (unpaired) electrons. The third kappa shape index (κ3) is 4.04. The number of nitrogens with one attached hydrogen (secondary N) is 2. The van der Waals surface area contributed by atoms with Crippen molar-refractivity contribution in [2.24, 2.45) is 0 Å². The van der Waals surface area contributed by atoms with E-state index in [1.165, 1.54) is 11.0 Å². The zero-order chi connectivity index (χ0) is 20.3. The summed E-state index contributed by atoms with van der Waals surface area (Å²) >= 11 is 0. The Morgan fingerprint density at radius 2 is 1.57 bits per heavy atom. The van der Waals surface area contributed by atoms with Gasteiger partial charge in [0.1, 0.15) is 0 Å². The average molecular weight is 381 g/mol. The number of fused-ring (bicyclic) bond motifs is 1. The SMILES string of the molecule is COCCCN1C(=O)c2ccc(NC(=O)Nc3ccc(C)c(C)c3)cc2C1=O. The Labute approximate surface area is 163 Å². The summed E-state index contributed by atoms with van der Waals surface area (Å²) in [5.41, 5.74) is 3.99. The molecule has 0 fully saturated rings. The molecule has 7 nitrogen and oxygen atoms in total. The number of hydrogen-bond donors (Lipinski definition) is 2. The van der Waals surface area contributed by atoms with Gasteiger partial charge in [-0.1, -0.05) is 6.07 Å². The third-order valence-corrected chi connectivity index (χ3v) is 4.72. The van der Waals surface area contributed by atoms with Gasteiger partial charge >= 0.3 is 6.03 Å². The van der Waals surface area contributed by atoms with E-state index in [0.29, 0.717) is 42.1 Å². The van der Waals surface area contributed by atoms with Crippen LogP contribution in [0.5, 0.6) is 0 Å². The fourth-order valence-electron chi connectivity index (χ4n) is 3.05. The molecule has 2 N–H and O–H groups in total. The molecule has 0 atom stereocenters. The van der Waals surface area contributed by atoms with Gasteiger partial charge in [-0.3, -0.25) is 14.5 Å². The number of rotatable bonds is 6. The lowest BCUT2D eigenvalue weighted by molar-refractivity contribution is 0.0638. The minimum Gasteiger partial charge on any atom is -0.385 e. The first-order valence-electron chi connectivity index (χ1n) is 9.05. The summed E-state index contributed by atoms with van der Waals surface area (Å²) in [5, 5.41) is 5.47. The van der Waals surface area contributed by atoms with E-state index in [9.17, 15) is 14.4 Å². The topological polar surface area (TPSA) is 87.7 Å². The zero-order valence-corrected chi connectivity index (χ0v) is 16.2. The summed E-state index contributed by atoms with van der Waals surface area (Å²) in [7, 11) is 1.57. The average Bonchev–Trinajstić information content (AvgIpc) is 2.89. The molecular weight excluding hydrogens is 358 g/mol. The molecule has 0 saturated heterocycles. The van der Waals surface area contributed by atoms with Gasteiger partial charge in [-0.05, 0) is 61.7 Å². The van der Waals surface area contributed by atoms with Crippen molar-refractivity contribution in [2.75, 3.05) is 30.9 Å². The van der Waals surface area contributed by atoms with Crippen molar-refractivity contribution in [3.8, 4) is 0 Å². The van der Waals surface area contributed by atoms with Gasteiger partial charge in [0.2, 0.25) is 0 Å². The number of carbonyl (C=O) groups excluding carboxylic acids is 3. The number of aryl methyl sites for hydroxylation is 2. The number of nitrogens with zero attached hydrogens (tertiary/aromatic N) is 1. The molecule has 0 aromatic heterocycles. The Hall–Kier alpha value is -3.19. The van der Waals surface area contributed by atoms with Crippen molar-refractivity contribution in [1.29, 1.82) is 0 Å². The maximum absolute atomic E-state index is 12.5. The van der Waals surface area contributed by atoms with Crippen LogP contribution in [0.2, 0.25) is 0 Å². The summed E-state index contributed by atoms with van der Waals surface area (Å²) in [6.45, 7) is 4.75. The van der Waals surface area contributed by atoms with Gasteiger partial charge < -0.3 is 15.4 Å². The first-order chi connectivity index (χ1) is 13.4. The molecule has 0 spiro atoms. The molecule has 3 rings (SSSR count). The predicted octanol–water partition coefficient (Wildman–Crippen LogP) is 3.58. The van der Waals surface area contributed by atoms with Crippen LogP contribution in [0.4, 0.5) is 16.2 Å². The lowest BCUT2D eigenvalue weighted by atomic mass is 10.1. The fourth-order valence-corrected chi connectivity index (χ4v) is 3.05. The zero-order valence-electron chi connectivity index (χ0n) is 16.2. The summed E-state index contributed by atoms with van der Waals surface area (Å²) in [6, 6.07) is 9.94. The highest BCUT2D eigenvalue weighted by atomic mass is 16.5.